The van der Waals surface area contributed by atoms with Crippen LogP contribution in [0.5, 0.6) is 0 Å². The van der Waals surface area contributed by atoms with Crippen molar-refractivity contribution in [2.24, 2.45) is 0 Å². The van der Waals surface area contributed by atoms with Crippen molar-refractivity contribution in [3.05, 3.63) is 59.4 Å². The molecule has 23 heavy (non-hydrogen) atoms. The van der Waals surface area contributed by atoms with Crippen LogP contribution in [-0.4, -0.2) is 22.0 Å². The molecular weight excluding hydrogens is 310 g/mol. The van der Waals surface area contributed by atoms with Gasteiger partial charge in [-0.3, -0.25) is 4.98 Å². The molecule has 0 amide bonds. The number of hydrogen-bond donors (Lipinski definition) is 2. The van der Waals surface area contributed by atoms with Crippen LogP contribution in [0.3, 0.4) is 0 Å². The summed E-state index contributed by atoms with van der Waals surface area (Å²) < 4.78 is 0. The fraction of sp³-hybridized carbons (Fsp3) is 0.118. The zero-order valence-corrected chi connectivity index (χ0v) is 13.6. The Labute approximate surface area is 139 Å². The van der Waals surface area contributed by atoms with Crippen LogP contribution in [0.25, 0.3) is 11.3 Å². The Morgan fingerprint density at radius 2 is 1.78 bits per heavy atom. The second kappa shape index (κ2) is 6.62. The van der Waals surface area contributed by atoms with E-state index in [1.54, 1.807) is 19.4 Å². The number of pyridine rings is 1. The minimum atomic E-state index is 0.543. The quantitative estimate of drug-likeness (QED) is 0.749. The van der Waals surface area contributed by atoms with Crippen molar-refractivity contribution in [3.63, 3.8) is 0 Å². The number of aryl methyl sites for hydroxylation is 1. The molecule has 0 unspecified atom stereocenters. The van der Waals surface area contributed by atoms with Crippen LogP contribution in [0.1, 0.15) is 5.56 Å². The van der Waals surface area contributed by atoms with Gasteiger partial charge in [0.15, 0.2) is 0 Å². The van der Waals surface area contributed by atoms with E-state index in [0.29, 0.717) is 16.8 Å². The third kappa shape index (κ3) is 3.57. The van der Waals surface area contributed by atoms with Gasteiger partial charge in [0.05, 0.1) is 5.69 Å². The number of hydrogen-bond acceptors (Lipinski definition) is 5. The van der Waals surface area contributed by atoms with Crippen molar-refractivity contribution in [1.29, 1.82) is 0 Å². The lowest BCUT2D eigenvalue weighted by Crippen LogP contribution is -2.02. The molecule has 0 atom stereocenters. The Morgan fingerprint density at radius 1 is 1.00 bits per heavy atom. The molecule has 0 saturated carbocycles. The first-order valence-corrected chi connectivity index (χ1v) is 7.54. The average molecular weight is 326 g/mol. The van der Waals surface area contributed by atoms with Crippen molar-refractivity contribution < 1.29 is 0 Å². The van der Waals surface area contributed by atoms with Gasteiger partial charge in [-0.05, 0) is 36.8 Å². The van der Waals surface area contributed by atoms with Gasteiger partial charge in [0.25, 0.3) is 0 Å². The zero-order valence-electron chi connectivity index (χ0n) is 12.8. The fourth-order valence-corrected chi connectivity index (χ4v) is 2.33. The summed E-state index contributed by atoms with van der Waals surface area (Å²) in [6, 6.07) is 11.4. The minimum Gasteiger partial charge on any atom is -0.357 e. The van der Waals surface area contributed by atoms with Crippen molar-refractivity contribution in [1.82, 2.24) is 15.0 Å². The summed E-state index contributed by atoms with van der Waals surface area (Å²) in [5, 5.41) is 6.97. The number of anilines is 3. The maximum Gasteiger partial charge on any atom is 0.224 e. The van der Waals surface area contributed by atoms with E-state index in [1.807, 2.05) is 43.3 Å². The molecule has 5 nitrogen and oxygen atoms in total. The van der Waals surface area contributed by atoms with Crippen LogP contribution in [0.15, 0.2) is 48.8 Å². The predicted octanol–water partition coefficient (Wildman–Crippen LogP) is 4.29. The third-order valence-electron chi connectivity index (χ3n) is 3.39. The Kier molecular flexibility index (Phi) is 4.39. The van der Waals surface area contributed by atoms with E-state index < -0.39 is 0 Å². The second-order valence-corrected chi connectivity index (χ2v) is 5.47. The molecule has 0 spiro atoms. The van der Waals surface area contributed by atoms with Crippen molar-refractivity contribution in [2.75, 3.05) is 17.7 Å². The highest BCUT2D eigenvalue weighted by Crippen LogP contribution is 2.26. The van der Waals surface area contributed by atoms with Crippen LogP contribution in [0, 0.1) is 6.92 Å². The molecule has 3 aromatic rings. The summed E-state index contributed by atoms with van der Waals surface area (Å²) in [6.07, 6.45) is 3.48. The molecule has 0 saturated heterocycles. The summed E-state index contributed by atoms with van der Waals surface area (Å²) >= 11 is 6.08. The zero-order chi connectivity index (χ0) is 16.2. The third-order valence-corrected chi connectivity index (χ3v) is 3.62. The van der Waals surface area contributed by atoms with Gasteiger partial charge in [-0.25, -0.2) is 4.98 Å². The molecule has 3 rings (SSSR count). The lowest BCUT2D eigenvalue weighted by Gasteiger charge is -2.12. The van der Waals surface area contributed by atoms with Crippen LogP contribution in [0.4, 0.5) is 17.5 Å². The van der Waals surface area contributed by atoms with E-state index in [2.05, 4.69) is 25.6 Å². The monoisotopic (exact) mass is 325 g/mol. The van der Waals surface area contributed by atoms with E-state index in [-0.39, 0.29) is 0 Å². The molecule has 116 valence electrons. The van der Waals surface area contributed by atoms with Crippen molar-refractivity contribution >= 4 is 29.1 Å². The highest BCUT2D eigenvalue weighted by Gasteiger charge is 2.08. The summed E-state index contributed by atoms with van der Waals surface area (Å²) in [5.41, 5.74) is 3.79. The first-order chi connectivity index (χ1) is 11.2. The van der Waals surface area contributed by atoms with Crippen molar-refractivity contribution in [3.8, 4) is 11.3 Å². The number of halogens is 1. The number of rotatable bonds is 4. The largest absolute Gasteiger partial charge is 0.357 e. The fourth-order valence-electron chi connectivity index (χ4n) is 2.16. The van der Waals surface area contributed by atoms with Gasteiger partial charge in [0.2, 0.25) is 5.95 Å². The molecule has 0 fully saturated rings. The van der Waals surface area contributed by atoms with E-state index in [9.17, 15) is 0 Å². The second-order valence-electron chi connectivity index (χ2n) is 5.03. The molecule has 0 aliphatic heterocycles. The summed E-state index contributed by atoms with van der Waals surface area (Å²) in [7, 11) is 1.79. The molecule has 0 radical (unpaired) electrons. The van der Waals surface area contributed by atoms with E-state index in [1.165, 1.54) is 0 Å². The highest BCUT2D eigenvalue weighted by molar-refractivity contribution is 6.30. The van der Waals surface area contributed by atoms with Gasteiger partial charge in [-0.1, -0.05) is 17.7 Å². The Morgan fingerprint density at radius 3 is 2.52 bits per heavy atom. The molecule has 1 aromatic carbocycles. The maximum absolute atomic E-state index is 6.08. The molecule has 6 heteroatoms. The van der Waals surface area contributed by atoms with Gasteiger partial charge in [-0.15, -0.1) is 0 Å². The highest BCUT2D eigenvalue weighted by atomic mass is 35.5. The van der Waals surface area contributed by atoms with Gasteiger partial charge >= 0.3 is 0 Å². The molecule has 2 N–H and O–H groups in total. The maximum atomic E-state index is 6.08. The predicted molar refractivity (Wildman–Crippen MR) is 94.3 cm³/mol. The van der Waals surface area contributed by atoms with E-state index in [4.69, 9.17) is 11.6 Å². The standard InChI is InChI=1S/C17H16ClN5/c1-11-3-4-13(18)9-14(11)21-16-10-15(22-17(19-2)23-16)12-5-7-20-8-6-12/h3-10H,1-2H3,(H2,19,21,22,23). The van der Waals surface area contributed by atoms with Crippen LogP contribution >= 0.6 is 11.6 Å². The van der Waals surface area contributed by atoms with Crippen LogP contribution in [0.2, 0.25) is 5.02 Å². The summed E-state index contributed by atoms with van der Waals surface area (Å²) in [4.78, 5) is 13.0. The lowest BCUT2D eigenvalue weighted by molar-refractivity contribution is 1.15. The number of nitrogens with one attached hydrogen (secondary N) is 2. The molecule has 0 aliphatic rings. The SMILES string of the molecule is CNc1nc(Nc2cc(Cl)ccc2C)cc(-c2ccncc2)n1. The Hall–Kier alpha value is -2.66. The molecule has 0 bridgehead atoms. The minimum absolute atomic E-state index is 0.543. The van der Waals surface area contributed by atoms with Gasteiger partial charge in [0.1, 0.15) is 5.82 Å². The summed E-state index contributed by atoms with van der Waals surface area (Å²) in [6.45, 7) is 2.02. The van der Waals surface area contributed by atoms with E-state index >= 15 is 0 Å². The number of benzene rings is 1. The Bertz CT molecular complexity index is 820. The van der Waals surface area contributed by atoms with Crippen LogP contribution in [-0.2, 0) is 0 Å². The first-order valence-electron chi connectivity index (χ1n) is 7.16. The molecular formula is C17H16ClN5. The lowest BCUT2D eigenvalue weighted by atomic mass is 10.2. The molecule has 2 heterocycles. The normalized spacial score (nSPS) is 10.4. The van der Waals surface area contributed by atoms with Crippen LogP contribution < -0.4 is 10.6 Å². The Balaban J connectivity index is 2.00. The number of nitrogens with zero attached hydrogens (tertiary/aromatic N) is 3. The average Bonchev–Trinajstić information content (AvgIpc) is 2.58. The van der Waals surface area contributed by atoms with Gasteiger partial charge in [0, 0.05) is 41.8 Å². The molecule has 2 aromatic heterocycles. The summed E-state index contributed by atoms with van der Waals surface area (Å²) in [5.74, 6) is 1.24. The van der Waals surface area contributed by atoms with Gasteiger partial charge < -0.3 is 10.6 Å². The first kappa shape index (κ1) is 15.2. The van der Waals surface area contributed by atoms with Crippen molar-refractivity contribution in [2.45, 2.75) is 6.92 Å². The van der Waals surface area contributed by atoms with E-state index in [0.717, 1.165) is 22.5 Å². The topological polar surface area (TPSA) is 62.7 Å². The number of aromatic nitrogens is 3. The molecule has 0 aliphatic carbocycles. The van der Waals surface area contributed by atoms with Gasteiger partial charge in [-0.2, -0.15) is 4.98 Å². The smallest absolute Gasteiger partial charge is 0.224 e.